The van der Waals surface area contributed by atoms with Gasteiger partial charge in [-0.25, -0.2) is 0 Å². The number of rotatable bonds is 6. The summed E-state index contributed by atoms with van der Waals surface area (Å²) in [5.74, 6) is 0. The minimum absolute atomic E-state index is 0.639. The van der Waals surface area contributed by atoms with Crippen molar-refractivity contribution in [3.8, 4) is 0 Å². The molecule has 4 heteroatoms. The topological polar surface area (TPSA) is 24.9 Å². The van der Waals surface area contributed by atoms with E-state index in [9.17, 15) is 0 Å². The predicted molar refractivity (Wildman–Crippen MR) is 71.1 cm³/mol. The minimum Gasteiger partial charge on any atom is -0.379 e. The number of nitrogens with zero attached hydrogens (tertiary/aromatic N) is 2. The van der Waals surface area contributed by atoms with Crippen LogP contribution in [0.2, 0.25) is 0 Å². The van der Waals surface area contributed by atoms with Gasteiger partial charge in [-0.05, 0) is 5.56 Å². The molecule has 0 bridgehead atoms. The number of ether oxygens (including phenoxy) is 1. The third-order valence-electron chi connectivity index (χ3n) is 3.13. The Morgan fingerprint density at radius 1 is 1.22 bits per heavy atom. The van der Waals surface area contributed by atoms with E-state index >= 15 is 0 Å². The van der Waals surface area contributed by atoms with Gasteiger partial charge in [0.2, 0.25) is 0 Å². The molecule has 0 atom stereocenters. The van der Waals surface area contributed by atoms with Crippen molar-refractivity contribution in [3.05, 3.63) is 35.9 Å². The lowest BCUT2D eigenvalue weighted by molar-refractivity contribution is -0.154. The van der Waals surface area contributed by atoms with E-state index in [1.807, 2.05) is 30.3 Å². The maximum atomic E-state index is 5.69. The maximum Gasteiger partial charge on any atom is 0.0935 e. The maximum absolute atomic E-state index is 5.69. The lowest BCUT2D eigenvalue weighted by atomic mass is 10.2. The van der Waals surface area contributed by atoms with E-state index in [0.717, 1.165) is 39.4 Å². The molecule has 0 N–H and O–H groups in total. The van der Waals surface area contributed by atoms with Gasteiger partial charge in [-0.3, -0.25) is 9.74 Å². The van der Waals surface area contributed by atoms with Crippen LogP contribution in [0.1, 0.15) is 5.56 Å². The molecule has 0 unspecified atom stereocenters. The molecule has 1 aliphatic heterocycles. The van der Waals surface area contributed by atoms with Crippen LogP contribution in [0.5, 0.6) is 0 Å². The fraction of sp³-hybridized carbons (Fsp3) is 0.571. The zero-order valence-corrected chi connectivity index (χ0v) is 11.0. The van der Waals surface area contributed by atoms with Crippen molar-refractivity contribution in [1.82, 2.24) is 9.96 Å². The second-order valence-corrected chi connectivity index (χ2v) is 4.56. The molecule has 0 radical (unpaired) electrons. The summed E-state index contributed by atoms with van der Waals surface area (Å²) in [7, 11) is 1.99. The highest BCUT2D eigenvalue weighted by Gasteiger charge is 2.10. The highest BCUT2D eigenvalue weighted by molar-refractivity contribution is 5.13. The van der Waals surface area contributed by atoms with Crippen molar-refractivity contribution in [3.63, 3.8) is 0 Å². The Balaban J connectivity index is 1.61. The number of benzene rings is 1. The molecule has 0 spiro atoms. The molecule has 1 aromatic carbocycles. The molecular weight excluding hydrogens is 228 g/mol. The fourth-order valence-corrected chi connectivity index (χ4v) is 1.93. The number of likely N-dealkylation sites (N-methyl/N-ethyl adjacent to an activating group) is 1. The largest absolute Gasteiger partial charge is 0.379 e. The Morgan fingerprint density at radius 2 is 1.94 bits per heavy atom. The molecule has 0 saturated carbocycles. The van der Waals surface area contributed by atoms with Gasteiger partial charge in [0.05, 0.1) is 19.8 Å². The molecule has 2 rings (SSSR count). The first kappa shape index (κ1) is 13.5. The van der Waals surface area contributed by atoms with Gasteiger partial charge < -0.3 is 4.74 Å². The Bertz CT molecular complexity index is 326. The van der Waals surface area contributed by atoms with Crippen molar-refractivity contribution >= 4 is 0 Å². The molecule has 100 valence electrons. The van der Waals surface area contributed by atoms with Gasteiger partial charge in [0.1, 0.15) is 0 Å². The monoisotopic (exact) mass is 250 g/mol. The zero-order valence-electron chi connectivity index (χ0n) is 11.0. The van der Waals surface area contributed by atoms with Gasteiger partial charge in [-0.15, -0.1) is 0 Å². The number of hydrogen-bond acceptors (Lipinski definition) is 4. The first-order valence-corrected chi connectivity index (χ1v) is 6.52. The SMILES string of the molecule is CN(CCN1CCOCC1)OCc1ccccc1. The van der Waals surface area contributed by atoms with Crippen LogP contribution in [0.3, 0.4) is 0 Å². The normalized spacial score (nSPS) is 17.2. The lowest BCUT2D eigenvalue weighted by Gasteiger charge is -2.28. The first-order valence-electron chi connectivity index (χ1n) is 6.52. The molecule has 0 amide bonds. The summed E-state index contributed by atoms with van der Waals surface area (Å²) in [5, 5.41) is 1.92. The van der Waals surface area contributed by atoms with Crippen molar-refractivity contribution in [2.75, 3.05) is 46.4 Å². The summed E-state index contributed by atoms with van der Waals surface area (Å²) in [6.07, 6.45) is 0. The standard InChI is InChI=1S/C14H22N2O2/c1-15(7-8-16-9-11-17-12-10-16)18-13-14-5-3-2-4-6-14/h2-6H,7-13H2,1H3. The van der Waals surface area contributed by atoms with Crippen molar-refractivity contribution in [2.24, 2.45) is 0 Å². The van der Waals surface area contributed by atoms with Gasteiger partial charge in [0, 0.05) is 33.2 Å². The third kappa shape index (κ3) is 4.74. The lowest BCUT2D eigenvalue weighted by Crippen LogP contribution is -2.40. The van der Waals surface area contributed by atoms with E-state index in [-0.39, 0.29) is 0 Å². The smallest absolute Gasteiger partial charge is 0.0935 e. The van der Waals surface area contributed by atoms with Crippen LogP contribution >= 0.6 is 0 Å². The van der Waals surface area contributed by atoms with E-state index in [0.29, 0.717) is 6.61 Å². The molecule has 18 heavy (non-hydrogen) atoms. The van der Waals surface area contributed by atoms with E-state index in [1.54, 1.807) is 0 Å². The van der Waals surface area contributed by atoms with Crippen LogP contribution in [0.25, 0.3) is 0 Å². The van der Waals surface area contributed by atoms with Crippen LogP contribution in [0.4, 0.5) is 0 Å². The van der Waals surface area contributed by atoms with Gasteiger partial charge in [-0.1, -0.05) is 30.3 Å². The molecular formula is C14H22N2O2. The molecule has 1 saturated heterocycles. The summed E-state index contributed by atoms with van der Waals surface area (Å²) < 4.78 is 5.33. The average Bonchev–Trinajstić information content (AvgIpc) is 2.45. The van der Waals surface area contributed by atoms with E-state index in [2.05, 4.69) is 17.0 Å². The van der Waals surface area contributed by atoms with E-state index in [1.165, 1.54) is 5.56 Å². The van der Waals surface area contributed by atoms with Crippen molar-refractivity contribution in [1.29, 1.82) is 0 Å². The molecule has 1 aliphatic rings. The van der Waals surface area contributed by atoms with Crippen LogP contribution in [0, 0.1) is 0 Å². The van der Waals surface area contributed by atoms with E-state index in [4.69, 9.17) is 9.57 Å². The van der Waals surface area contributed by atoms with Crippen molar-refractivity contribution in [2.45, 2.75) is 6.61 Å². The minimum atomic E-state index is 0.639. The summed E-state index contributed by atoms with van der Waals surface area (Å²) in [6, 6.07) is 10.2. The molecule has 0 aliphatic carbocycles. The summed E-state index contributed by atoms with van der Waals surface area (Å²) >= 11 is 0. The summed E-state index contributed by atoms with van der Waals surface area (Å²) in [6.45, 7) is 6.38. The molecule has 1 fully saturated rings. The Labute approximate surface area is 109 Å². The second kappa shape index (κ2) is 7.48. The second-order valence-electron chi connectivity index (χ2n) is 4.56. The van der Waals surface area contributed by atoms with Gasteiger partial charge in [0.15, 0.2) is 0 Å². The predicted octanol–water partition coefficient (Wildman–Crippen LogP) is 1.38. The highest BCUT2D eigenvalue weighted by Crippen LogP contribution is 2.02. The zero-order chi connectivity index (χ0) is 12.6. The molecule has 0 aromatic heterocycles. The quantitative estimate of drug-likeness (QED) is 0.712. The van der Waals surface area contributed by atoms with Crippen molar-refractivity contribution < 1.29 is 9.57 Å². The fourth-order valence-electron chi connectivity index (χ4n) is 1.93. The average molecular weight is 250 g/mol. The molecule has 1 heterocycles. The highest BCUT2D eigenvalue weighted by atomic mass is 16.7. The Morgan fingerprint density at radius 3 is 2.67 bits per heavy atom. The van der Waals surface area contributed by atoms with E-state index < -0.39 is 0 Å². The van der Waals surface area contributed by atoms with Gasteiger partial charge in [-0.2, -0.15) is 5.06 Å². The number of hydroxylamine groups is 2. The summed E-state index contributed by atoms with van der Waals surface area (Å²) in [4.78, 5) is 8.10. The number of morpholine rings is 1. The van der Waals surface area contributed by atoms with Gasteiger partial charge >= 0.3 is 0 Å². The van der Waals surface area contributed by atoms with Crippen LogP contribution < -0.4 is 0 Å². The molecule has 4 nitrogen and oxygen atoms in total. The summed E-state index contributed by atoms with van der Waals surface area (Å²) in [5.41, 5.74) is 1.20. The van der Waals surface area contributed by atoms with Gasteiger partial charge in [0.25, 0.3) is 0 Å². The van der Waals surface area contributed by atoms with Crippen LogP contribution in [0.15, 0.2) is 30.3 Å². The Kier molecular flexibility index (Phi) is 5.61. The third-order valence-corrected chi connectivity index (χ3v) is 3.13. The molecule has 1 aromatic rings. The Hall–Kier alpha value is -0.940. The first-order chi connectivity index (χ1) is 8.84. The van der Waals surface area contributed by atoms with Crippen LogP contribution in [-0.2, 0) is 16.2 Å². The van der Waals surface area contributed by atoms with Crippen LogP contribution in [-0.4, -0.2) is 56.4 Å². The number of hydrogen-bond donors (Lipinski definition) is 0.